The van der Waals surface area contributed by atoms with Crippen LogP contribution < -0.4 is 0 Å². The number of benzene rings is 1. The SMILES string of the molecule is Cc1ccc(C(C)(C)C)c2oc(C=O)cc12. The first-order valence-corrected chi connectivity index (χ1v) is 5.42. The van der Waals surface area contributed by atoms with E-state index in [1.54, 1.807) is 0 Å². The molecule has 0 radical (unpaired) electrons. The summed E-state index contributed by atoms with van der Waals surface area (Å²) in [6, 6.07) is 5.97. The third-order valence-corrected chi connectivity index (χ3v) is 2.84. The van der Waals surface area contributed by atoms with Gasteiger partial charge in [0.2, 0.25) is 0 Å². The molecule has 0 aliphatic rings. The number of rotatable bonds is 1. The van der Waals surface area contributed by atoms with E-state index in [-0.39, 0.29) is 5.41 Å². The predicted octanol–water partition coefficient (Wildman–Crippen LogP) is 3.85. The highest BCUT2D eigenvalue weighted by Crippen LogP contribution is 2.33. The molecule has 0 N–H and O–H groups in total. The molecule has 0 atom stereocenters. The smallest absolute Gasteiger partial charge is 0.185 e. The largest absolute Gasteiger partial charge is 0.453 e. The molecule has 2 nitrogen and oxygen atoms in total. The van der Waals surface area contributed by atoms with E-state index in [0.29, 0.717) is 5.76 Å². The summed E-state index contributed by atoms with van der Waals surface area (Å²) in [5.41, 5.74) is 3.14. The summed E-state index contributed by atoms with van der Waals surface area (Å²) in [6.07, 6.45) is 0.756. The summed E-state index contributed by atoms with van der Waals surface area (Å²) in [5.74, 6) is 0.398. The van der Waals surface area contributed by atoms with Crippen LogP contribution in [-0.2, 0) is 5.41 Å². The van der Waals surface area contributed by atoms with E-state index in [4.69, 9.17) is 4.42 Å². The van der Waals surface area contributed by atoms with Crippen molar-refractivity contribution >= 4 is 17.3 Å². The fourth-order valence-corrected chi connectivity index (χ4v) is 1.93. The van der Waals surface area contributed by atoms with Crippen LogP contribution in [0.5, 0.6) is 0 Å². The number of aldehydes is 1. The maximum Gasteiger partial charge on any atom is 0.185 e. The van der Waals surface area contributed by atoms with Crippen molar-refractivity contribution in [1.82, 2.24) is 0 Å². The molecule has 84 valence electrons. The van der Waals surface area contributed by atoms with E-state index in [0.717, 1.165) is 28.4 Å². The molecule has 0 saturated heterocycles. The maximum absolute atomic E-state index is 10.8. The lowest BCUT2D eigenvalue weighted by Crippen LogP contribution is -2.11. The van der Waals surface area contributed by atoms with Crippen LogP contribution in [-0.4, -0.2) is 6.29 Å². The van der Waals surface area contributed by atoms with Crippen LogP contribution in [0.25, 0.3) is 11.0 Å². The first-order chi connectivity index (χ1) is 7.43. The molecular formula is C14H16O2. The van der Waals surface area contributed by atoms with E-state index in [1.165, 1.54) is 0 Å². The number of carbonyl (C=O) groups is 1. The van der Waals surface area contributed by atoms with Crippen LogP contribution in [0.2, 0.25) is 0 Å². The average molecular weight is 216 g/mol. The zero-order chi connectivity index (χ0) is 11.9. The number of carbonyl (C=O) groups excluding carboxylic acids is 1. The minimum atomic E-state index is 0.0178. The number of hydrogen-bond donors (Lipinski definition) is 0. The Balaban J connectivity index is 2.82. The zero-order valence-corrected chi connectivity index (χ0v) is 10.1. The standard InChI is InChI=1S/C14H16O2/c1-9-5-6-12(14(2,3)4)13-11(9)7-10(8-15)16-13/h5-8H,1-4H3. The van der Waals surface area contributed by atoms with Gasteiger partial charge >= 0.3 is 0 Å². The molecule has 16 heavy (non-hydrogen) atoms. The summed E-state index contributed by atoms with van der Waals surface area (Å²) < 4.78 is 5.59. The van der Waals surface area contributed by atoms with E-state index in [1.807, 2.05) is 13.0 Å². The molecule has 0 amide bonds. The van der Waals surface area contributed by atoms with Gasteiger partial charge in [-0.3, -0.25) is 4.79 Å². The zero-order valence-electron chi connectivity index (χ0n) is 10.1. The second-order valence-corrected chi connectivity index (χ2v) is 5.19. The molecule has 0 aliphatic carbocycles. The highest BCUT2D eigenvalue weighted by molar-refractivity contribution is 5.89. The predicted molar refractivity (Wildman–Crippen MR) is 65.0 cm³/mol. The van der Waals surface area contributed by atoms with Gasteiger partial charge in [-0.25, -0.2) is 0 Å². The van der Waals surface area contributed by atoms with Crippen LogP contribution in [0.3, 0.4) is 0 Å². The van der Waals surface area contributed by atoms with Gasteiger partial charge in [0.05, 0.1) is 0 Å². The summed E-state index contributed by atoms with van der Waals surface area (Å²) in [6.45, 7) is 8.44. The summed E-state index contributed by atoms with van der Waals surface area (Å²) in [4.78, 5) is 10.8. The Kier molecular flexibility index (Phi) is 2.38. The van der Waals surface area contributed by atoms with Gasteiger partial charge in [-0.2, -0.15) is 0 Å². The Labute approximate surface area is 95.3 Å². The Hall–Kier alpha value is -1.57. The lowest BCUT2D eigenvalue weighted by Gasteiger charge is -2.19. The summed E-state index contributed by atoms with van der Waals surface area (Å²) >= 11 is 0. The van der Waals surface area contributed by atoms with Crippen molar-refractivity contribution in [3.8, 4) is 0 Å². The van der Waals surface area contributed by atoms with Gasteiger partial charge in [0.1, 0.15) is 5.58 Å². The molecule has 0 spiro atoms. The highest BCUT2D eigenvalue weighted by Gasteiger charge is 2.20. The first kappa shape index (κ1) is 10.9. The average Bonchev–Trinajstić information content (AvgIpc) is 2.60. The highest BCUT2D eigenvalue weighted by atomic mass is 16.3. The van der Waals surface area contributed by atoms with Crippen LogP contribution in [0.15, 0.2) is 22.6 Å². The molecule has 1 aromatic heterocycles. The Morgan fingerprint density at radius 3 is 2.50 bits per heavy atom. The molecule has 0 unspecified atom stereocenters. The first-order valence-electron chi connectivity index (χ1n) is 5.42. The van der Waals surface area contributed by atoms with Crippen molar-refractivity contribution in [1.29, 1.82) is 0 Å². The molecule has 1 aromatic carbocycles. The minimum absolute atomic E-state index is 0.0178. The Bertz CT molecular complexity index is 542. The molecule has 0 bridgehead atoms. The second-order valence-electron chi connectivity index (χ2n) is 5.19. The van der Waals surface area contributed by atoms with E-state index in [2.05, 4.69) is 32.9 Å². The Morgan fingerprint density at radius 2 is 1.94 bits per heavy atom. The quantitative estimate of drug-likeness (QED) is 0.678. The fraction of sp³-hybridized carbons (Fsp3) is 0.357. The van der Waals surface area contributed by atoms with Crippen LogP contribution in [0, 0.1) is 6.92 Å². The van der Waals surface area contributed by atoms with Crippen LogP contribution in [0.4, 0.5) is 0 Å². The van der Waals surface area contributed by atoms with Gasteiger partial charge in [-0.15, -0.1) is 0 Å². The van der Waals surface area contributed by atoms with Crippen LogP contribution >= 0.6 is 0 Å². The van der Waals surface area contributed by atoms with Gasteiger partial charge in [-0.05, 0) is 24.0 Å². The number of aryl methyl sites for hydroxylation is 1. The third kappa shape index (κ3) is 1.64. The van der Waals surface area contributed by atoms with Gasteiger partial charge in [0.15, 0.2) is 12.0 Å². The molecule has 0 fully saturated rings. The minimum Gasteiger partial charge on any atom is -0.453 e. The number of hydrogen-bond acceptors (Lipinski definition) is 2. The molecule has 1 heterocycles. The molecule has 2 rings (SSSR count). The third-order valence-electron chi connectivity index (χ3n) is 2.84. The van der Waals surface area contributed by atoms with E-state index in [9.17, 15) is 4.79 Å². The van der Waals surface area contributed by atoms with Crippen LogP contribution in [0.1, 0.15) is 42.5 Å². The fourth-order valence-electron chi connectivity index (χ4n) is 1.93. The van der Waals surface area contributed by atoms with Crippen molar-refractivity contribution in [3.05, 3.63) is 35.1 Å². The van der Waals surface area contributed by atoms with E-state index >= 15 is 0 Å². The molecule has 0 saturated carbocycles. The van der Waals surface area contributed by atoms with Crippen molar-refractivity contribution < 1.29 is 9.21 Å². The summed E-state index contributed by atoms with van der Waals surface area (Å²) in [7, 11) is 0. The van der Waals surface area contributed by atoms with Gasteiger partial charge < -0.3 is 4.42 Å². The monoisotopic (exact) mass is 216 g/mol. The van der Waals surface area contributed by atoms with E-state index < -0.39 is 0 Å². The number of furan rings is 1. The molecule has 2 heteroatoms. The molecule has 0 aliphatic heterocycles. The maximum atomic E-state index is 10.8. The van der Waals surface area contributed by atoms with Gasteiger partial charge in [-0.1, -0.05) is 32.9 Å². The van der Waals surface area contributed by atoms with Crippen molar-refractivity contribution in [2.75, 3.05) is 0 Å². The summed E-state index contributed by atoms with van der Waals surface area (Å²) in [5, 5.41) is 1.04. The normalized spacial score (nSPS) is 12.0. The topological polar surface area (TPSA) is 30.2 Å². The molecular weight excluding hydrogens is 200 g/mol. The lowest BCUT2D eigenvalue weighted by molar-refractivity contribution is 0.110. The lowest BCUT2D eigenvalue weighted by atomic mass is 9.85. The second kappa shape index (κ2) is 3.48. The van der Waals surface area contributed by atoms with Gasteiger partial charge in [0, 0.05) is 10.9 Å². The number of fused-ring (bicyclic) bond motifs is 1. The Morgan fingerprint density at radius 1 is 1.25 bits per heavy atom. The van der Waals surface area contributed by atoms with Crippen molar-refractivity contribution in [2.45, 2.75) is 33.1 Å². The molecule has 2 aromatic rings. The van der Waals surface area contributed by atoms with Crippen molar-refractivity contribution in [2.24, 2.45) is 0 Å². The van der Waals surface area contributed by atoms with Crippen molar-refractivity contribution in [3.63, 3.8) is 0 Å². The van der Waals surface area contributed by atoms with Gasteiger partial charge in [0.25, 0.3) is 0 Å².